The van der Waals surface area contributed by atoms with Crippen LogP contribution in [0.15, 0.2) is 0 Å². The van der Waals surface area contributed by atoms with E-state index in [0.29, 0.717) is 19.3 Å². The summed E-state index contributed by atoms with van der Waals surface area (Å²) < 4.78 is 11.2. The van der Waals surface area contributed by atoms with E-state index < -0.39 is 74.2 Å². The molecular formula is C66H131NO10. The Morgan fingerprint density at radius 2 is 0.675 bits per heavy atom. The molecule has 77 heavy (non-hydrogen) atoms. The van der Waals surface area contributed by atoms with Gasteiger partial charge in [0.15, 0.2) is 6.29 Å². The Balaban J connectivity index is 2.21. The summed E-state index contributed by atoms with van der Waals surface area (Å²) in [6.07, 6.45) is 54.6. The highest BCUT2D eigenvalue weighted by Crippen LogP contribution is 2.24. The van der Waals surface area contributed by atoms with Crippen LogP contribution < -0.4 is 5.32 Å². The molecule has 11 heteroatoms. The quantitative estimate of drug-likeness (QED) is 0.0272. The summed E-state index contributed by atoms with van der Waals surface area (Å²) in [5.41, 5.74) is 0. The van der Waals surface area contributed by atoms with Crippen LogP contribution in [0.25, 0.3) is 0 Å². The third-order valence-corrected chi connectivity index (χ3v) is 16.9. The minimum atomic E-state index is -1.66. The first kappa shape index (κ1) is 74.1. The van der Waals surface area contributed by atoms with Crippen LogP contribution in [-0.2, 0) is 14.3 Å². The Morgan fingerprint density at radius 3 is 0.961 bits per heavy atom. The minimum Gasteiger partial charge on any atom is -0.394 e. The fourth-order valence-electron chi connectivity index (χ4n) is 11.4. The van der Waals surface area contributed by atoms with Crippen molar-refractivity contribution in [2.24, 2.45) is 0 Å². The Labute approximate surface area is 475 Å². The van der Waals surface area contributed by atoms with Gasteiger partial charge in [-0.15, -0.1) is 0 Å². The van der Waals surface area contributed by atoms with E-state index in [2.05, 4.69) is 19.2 Å². The number of carbonyl (C=O) groups is 1. The standard InChI is InChI=1S/C66H131NO10/c1-3-5-7-9-11-13-15-17-19-21-23-25-27-29-31-33-35-37-39-41-43-45-47-49-51-53-58(69)61(71)57(56-76-66-64(74)63(73)62(72)60(55-68)77-66)67-65(75)59(70)54-52-50-48-46-44-42-40-38-36-34-32-30-28-26-24-22-20-18-16-14-12-10-8-6-4-2/h57-64,66,68-74H,3-56H2,1-2H3,(H,67,75). The van der Waals surface area contributed by atoms with Crippen LogP contribution >= 0.6 is 0 Å². The Bertz CT molecular complexity index is 1210. The van der Waals surface area contributed by atoms with Gasteiger partial charge < -0.3 is 50.5 Å². The maximum absolute atomic E-state index is 13.2. The van der Waals surface area contributed by atoms with Crippen LogP contribution in [0.1, 0.15) is 348 Å². The van der Waals surface area contributed by atoms with E-state index in [4.69, 9.17) is 9.47 Å². The molecule has 0 aromatic rings. The second kappa shape index (κ2) is 55.6. The smallest absolute Gasteiger partial charge is 0.249 e. The van der Waals surface area contributed by atoms with Gasteiger partial charge in [-0.05, 0) is 12.8 Å². The molecule has 0 spiro atoms. The highest BCUT2D eigenvalue weighted by atomic mass is 16.7. The number of nitrogens with one attached hydrogen (secondary N) is 1. The van der Waals surface area contributed by atoms with Gasteiger partial charge in [-0.3, -0.25) is 4.79 Å². The fourth-order valence-corrected chi connectivity index (χ4v) is 11.4. The van der Waals surface area contributed by atoms with Gasteiger partial charge in [0.05, 0.1) is 25.4 Å². The van der Waals surface area contributed by atoms with Crippen LogP contribution in [0.5, 0.6) is 0 Å². The van der Waals surface area contributed by atoms with Crippen molar-refractivity contribution in [2.45, 2.75) is 403 Å². The number of aliphatic hydroxyl groups is 7. The number of hydrogen-bond donors (Lipinski definition) is 8. The lowest BCUT2D eigenvalue weighted by atomic mass is 9.98. The number of carbonyl (C=O) groups excluding carboxylic acids is 1. The zero-order chi connectivity index (χ0) is 56.1. The predicted molar refractivity (Wildman–Crippen MR) is 321 cm³/mol. The van der Waals surface area contributed by atoms with Gasteiger partial charge in [0, 0.05) is 0 Å². The molecule has 0 saturated carbocycles. The molecule has 0 radical (unpaired) electrons. The van der Waals surface area contributed by atoms with E-state index >= 15 is 0 Å². The van der Waals surface area contributed by atoms with Crippen molar-refractivity contribution in [1.82, 2.24) is 5.32 Å². The predicted octanol–water partition coefficient (Wildman–Crippen LogP) is 15.7. The van der Waals surface area contributed by atoms with Gasteiger partial charge in [0.1, 0.15) is 36.6 Å². The third kappa shape index (κ3) is 43.5. The first-order valence-corrected chi connectivity index (χ1v) is 33.9. The van der Waals surface area contributed by atoms with Crippen molar-refractivity contribution >= 4 is 5.91 Å². The molecule has 0 aliphatic carbocycles. The zero-order valence-corrected chi connectivity index (χ0v) is 50.7. The highest BCUT2D eigenvalue weighted by molar-refractivity contribution is 5.80. The molecule has 1 heterocycles. The second-order valence-corrected chi connectivity index (χ2v) is 24.3. The molecule has 460 valence electrons. The molecule has 8 N–H and O–H groups in total. The van der Waals surface area contributed by atoms with Gasteiger partial charge in [0.25, 0.3) is 0 Å². The van der Waals surface area contributed by atoms with Crippen molar-refractivity contribution in [2.75, 3.05) is 13.2 Å². The molecule has 1 rings (SSSR count). The van der Waals surface area contributed by atoms with Crippen molar-refractivity contribution in [3.05, 3.63) is 0 Å². The van der Waals surface area contributed by atoms with Crippen LogP contribution in [0.3, 0.4) is 0 Å². The molecular weight excluding hydrogens is 967 g/mol. The van der Waals surface area contributed by atoms with Crippen LogP contribution in [0.2, 0.25) is 0 Å². The summed E-state index contributed by atoms with van der Waals surface area (Å²) >= 11 is 0. The fraction of sp³-hybridized carbons (Fsp3) is 0.985. The Morgan fingerprint density at radius 1 is 0.403 bits per heavy atom. The van der Waals surface area contributed by atoms with Gasteiger partial charge >= 0.3 is 0 Å². The van der Waals surface area contributed by atoms with Crippen molar-refractivity contribution in [1.29, 1.82) is 0 Å². The summed E-state index contributed by atoms with van der Waals surface area (Å²) in [5, 5.41) is 76.5. The average Bonchev–Trinajstić information content (AvgIpc) is 3.43. The molecule has 1 aliphatic heterocycles. The van der Waals surface area contributed by atoms with Gasteiger partial charge in [0.2, 0.25) is 5.91 Å². The number of hydrogen-bond acceptors (Lipinski definition) is 10. The maximum Gasteiger partial charge on any atom is 0.249 e. The lowest BCUT2D eigenvalue weighted by Crippen LogP contribution is -2.60. The molecule has 1 aliphatic rings. The summed E-state index contributed by atoms with van der Waals surface area (Å²) in [5.74, 6) is -0.687. The molecule has 0 bridgehead atoms. The molecule has 9 atom stereocenters. The lowest BCUT2D eigenvalue weighted by Gasteiger charge is -2.40. The van der Waals surface area contributed by atoms with Gasteiger partial charge in [-0.1, -0.05) is 335 Å². The van der Waals surface area contributed by atoms with Crippen molar-refractivity contribution < 1.29 is 50.0 Å². The van der Waals surface area contributed by atoms with Crippen LogP contribution in [0, 0.1) is 0 Å². The largest absolute Gasteiger partial charge is 0.394 e. The SMILES string of the molecule is CCCCCCCCCCCCCCCCCCCCCCCCCCCC(O)C(=O)NC(COC1OC(CO)C(O)C(O)C1O)C(O)C(O)CCCCCCCCCCCCCCCCCCCCCCCCCCC. The summed E-state index contributed by atoms with van der Waals surface area (Å²) in [7, 11) is 0. The van der Waals surface area contributed by atoms with Crippen LogP contribution in [0.4, 0.5) is 0 Å². The number of aliphatic hydroxyl groups excluding tert-OH is 7. The average molecular weight is 1100 g/mol. The number of rotatable bonds is 60. The molecule has 0 aromatic heterocycles. The topological polar surface area (TPSA) is 189 Å². The number of unbranched alkanes of at least 4 members (excludes halogenated alkanes) is 48. The third-order valence-electron chi connectivity index (χ3n) is 16.9. The number of amides is 1. The van der Waals surface area contributed by atoms with Gasteiger partial charge in [-0.25, -0.2) is 0 Å². The molecule has 1 amide bonds. The van der Waals surface area contributed by atoms with E-state index in [1.54, 1.807) is 0 Å². The molecule has 1 saturated heterocycles. The van der Waals surface area contributed by atoms with E-state index in [1.807, 2.05) is 0 Å². The second-order valence-electron chi connectivity index (χ2n) is 24.3. The van der Waals surface area contributed by atoms with E-state index in [-0.39, 0.29) is 6.42 Å². The summed E-state index contributed by atoms with van der Waals surface area (Å²) in [6.45, 7) is 3.52. The zero-order valence-electron chi connectivity index (χ0n) is 50.7. The van der Waals surface area contributed by atoms with E-state index in [1.165, 1.54) is 270 Å². The molecule has 9 unspecified atom stereocenters. The van der Waals surface area contributed by atoms with Crippen LogP contribution in [-0.4, -0.2) is 110 Å². The normalized spacial score (nSPS) is 19.4. The first-order chi connectivity index (χ1) is 37.7. The monoisotopic (exact) mass is 1100 g/mol. The highest BCUT2D eigenvalue weighted by Gasteiger charge is 2.44. The minimum absolute atomic E-state index is 0.268. The van der Waals surface area contributed by atoms with Gasteiger partial charge in [-0.2, -0.15) is 0 Å². The van der Waals surface area contributed by atoms with E-state index in [0.717, 1.165) is 38.5 Å². The summed E-state index contributed by atoms with van der Waals surface area (Å²) in [6, 6.07) is -1.16. The Kier molecular flexibility index (Phi) is 53.6. The van der Waals surface area contributed by atoms with E-state index in [9.17, 15) is 40.5 Å². The van der Waals surface area contributed by atoms with Crippen molar-refractivity contribution in [3.63, 3.8) is 0 Å². The number of ether oxygens (including phenoxy) is 2. The first-order valence-electron chi connectivity index (χ1n) is 33.9. The molecule has 1 fully saturated rings. The molecule has 11 nitrogen and oxygen atoms in total. The summed E-state index contributed by atoms with van der Waals surface area (Å²) in [4.78, 5) is 13.2. The Hall–Kier alpha value is -0.890. The molecule has 0 aromatic carbocycles. The maximum atomic E-state index is 13.2. The van der Waals surface area contributed by atoms with Crippen molar-refractivity contribution in [3.8, 4) is 0 Å². The lowest BCUT2D eigenvalue weighted by molar-refractivity contribution is -0.303.